The molecule has 0 atom stereocenters. The normalized spacial score (nSPS) is 10.9. The Morgan fingerprint density at radius 2 is 1.85 bits per heavy atom. The van der Waals surface area contributed by atoms with E-state index in [1.54, 1.807) is 25.5 Å². The summed E-state index contributed by atoms with van der Waals surface area (Å²) in [7, 11) is 0. The number of Topliss-reactive ketones (excluding diaryl/α,β-unsaturated/α-hetero) is 1. The number of pyridine rings is 2. The number of fused-ring (bicyclic) bond motifs is 1. The Bertz CT molecular complexity index is 1410. The van der Waals surface area contributed by atoms with Crippen LogP contribution in [0.3, 0.4) is 0 Å². The summed E-state index contributed by atoms with van der Waals surface area (Å²) >= 11 is 0. The molecule has 33 heavy (non-hydrogen) atoms. The van der Waals surface area contributed by atoms with E-state index in [4.69, 9.17) is 10.1 Å². The molecule has 162 valence electrons. The third-order valence-electron chi connectivity index (χ3n) is 5.27. The molecular formula is C26H22N6O. The molecule has 0 radical (unpaired) electrons. The van der Waals surface area contributed by atoms with Gasteiger partial charge in [-0.25, -0.2) is 9.50 Å². The summed E-state index contributed by atoms with van der Waals surface area (Å²) in [5.41, 5.74) is 5.51. The average Bonchev–Trinajstić information content (AvgIpc) is 3.28. The third kappa shape index (κ3) is 4.48. The number of nitrogens with one attached hydrogen (secondary N) is 1. The van der Waals surface area contributed by atoms with E-state index in [0.29, 0.717) is 24.6 Å². The second-order valence-corrected chi connectivity index (χ2v) is 7.81. The van der Waals surface area contributed by atoms with Gasteiger partial charge in [-0.05, 0) is 42.3 Å². The van der Waals surface area contributed by atoms with E-state index in [9.17, 15) is 4.79 Å². The molecule has 0 bridgehead atoms. The van der Waals surface area contributed by atoms with Gasteiger partial charge in [0.2, 0.25) is 0 Å². The van der Waals surface area contributed by atoms with Crippen molar-refractivity contribution in [2.24, 2.45) is 0 Å². The fraction of sp³-hybridized carbons (Fsp3) is 0.115. The minimum absolute atomic E-state index is 0.0842. The Balaban J connectivity index is 1.61. The Labute approximate surface area is 191 Å². The summed E-state index contributed by atoms with van der Waals surface area (Å²) in [4.78, 5) is 25.1. The topological polar surface area (TPSA) is 85.1 Å². The lowest BCUT2D eigenvalue weighted by Crippen LogP contribution is -2.08. The van der Waals surface area contributed by atoms with E-state index in [1.807, 2.05) is 59.2 Å². The van der Waals surface area contributed by atoms with Gasteiger partial charge in [0.05, 0.1) is 12.2 Å². The molecule has 0 aliphatic carbocycles. The molecule has 0 saturated heterocycles. The highest BCUT2D eigenvalue weighted by Gasteiger charge is 2.16. The van der Waals surface area contributed by atoms with Crippen LogP contribution in [0.15, 0.2) is 85.5 Å². The van der Waals surface area contributed by atoms with Crippen molar-refractivity contribution in [3.63, 3.8) is 0 Å². The Morgan fingerprint density at radius 3 is 2.64 bits per heavy atom. The van der Waals surface area contributed by atoms with Gasteiger partial charge in [-0.1, -0.05) is 36.4 Å². The highest BCUT2D eigenvalue weighted by Crippen LogP contribution is 2.31. The van der Waals surface area contributed by atoms with Crippen LogP contribution in [0.4, 0.5) is 5.82 Å². The van der Waals surface area contributed by atoms with E-state index >= 15 is 0 Å². The first-order valence-electron chi connectivity index (χ1n) is 10.7. The van der Waals surface area contributed by atoms with E-state index in [-0.39, 0.29) is 5.78 Å². The lowest BCUT2D eigenvalue weighted by molar-refractivity contribution is -0.116. The highest BCUT2D eigenvalue weighted by atomic mass is 16.1. The Hall–Kier alpha value is -4.39. The number of nitrogens with zero attached hydrogens (tertiary/aromatic N) is 5. The summed E-state index contributed by atoms with van der Waals surface area (Å²) in [5.74, 6) is 1.31. The SMILES string of the molecule is CC(=O)Cc1cncc(-c2nc(NCc3ccccn3)c3c(-c4ccccc4)ccn3n2)c1. The second kappa shape index (κ2) is 9.00. The van der Waals surface area contributed by atoms with Crippen LogP contribution in [-0.4, -0.2) is 30.3 Å². The van der Waals surface area contributed by atoms with Crippen LogP contribution >= 0.6 is 0 Å². The predicted octanol–water partition coefficient (Wildman–Crippen LogP) is 4.60. The highest BCUT2D eigenvalue weighted by molar-refractivity contribution is 5.89. The number of carbonyl (C=O) groups excluding carboxylic acids is 1. The number of carbonyl (C=O) groups is 1. The summed E-state index contributed by atoms with van der Waals surface area (Å²) < 4.78 is 1.84. The molecule has 0 fully saturated rings. The van der Waals surface area contributed by atoms with Crippen molar-refractivity contribution < 1.29 is 4.79 Å². The fourth-order valence-electron chi connectivity index (χ4n) is 3.79. The van der Waals surface area contributed by atoms with Crippen molar-refractivity contribution in [1.82, 2.24) is 24.6 Å². The maximum atomic E-state index is 11.6. The molecule has 0 spiro atoms. The lowest BCUT2D eigenvalue weighted by atomic mass is 10.1. The number of hydrogen-bond acceptors (Lipinski definition) is 6. The van der Waals surface area contributed by atoms with E-state index in [0.717, 1.165) is 33.5 Å². The van der Waals surface area contributed by atoms with Crippen LogP contribution in [0.5, 0.6) is 0 Å². The third-order valence-corrected chi connectivity index (χ3v) is 5.27. The first kappa shape index (κ1) is 20.5. The molecule has 7 nitrogen and oxygen atoms in total. The zero-order valence-corrected chi connectivity index (χ0v) is 18.1. The van der Waals surface area contributed by atoms with Gasteiger partial charge in [-0.2, -0.15) is 0 Å². The number of aromatic nitrogens is 5. The number of rotatable bonds is 7. The summed E-state index contributed by atoms with van der Waals surface area (Å²) in [6, 6.07) is 20.0. The lowest BCUT2D eigenvalue weighted by Gasteiger charge is -2.12. The molecule has 0 amide bonds. The second-order valence-electron chi connectivity index (χ2n) is 7.81. The summed E-state index contributed by atoms with van der Waals surface area (Å²) in [6.07, 6.45) is 7.45. The standard InChI is InChI=1S/C26H22N6O/c1-18(33)13-19-14-21(16-27-15-19)25-30-26(29-17-22-9-5-6-11-28-22)24-23(10-12-32(24)31-25)20-7-3-2-4-8-20/h2-12,14-16H,13,17H2,1H3,(H,29,30,31). The zero-order chi connectivity index (χ0) is 22.6. The number of ketones is 1. The van der Waals surface area contributed by atoms with Crippen LogP contribution in [-0.2, 0) is 17.8 Å². The average molecular weight is 435 g/mol. The van der Waals surface area contributed by atoms with Gasteiger partial charge >= 0.3 is 0 Å². The fourth-order valence-corrected chi connectivity index (χ4v) is 3.79. The molecule has 0 aliphatic heterocycles. The molecule has 0 unspecified atom stereocenters. The molecule has 0 saturated carbocycles. The summed E-state index contributed by atoms with van der Waals surface area (Å²) in [6.45, 7) is 2.09. The molecule has 7 heteroatoms. The molecule has 5 aromatic rings. The van der Waals surface area contributed by atoms with Crippen molar-refractivity contribution in [2.75, 3.05) is 5.32 Å². The first-order valence-corrected chi connectivity index (χ1v) is 10.7. The van der Waals surface area contributed by atoms with Gasteiger partial charge in [0.15, 0.2) is 11.6 Å². The van der Waals surface area contributed by atoms with Crippen LogP contribution in [0.25, 0.3) is 28.0 Å². The maximum Gasteiger partial charge on any atom is 0.183 e. The molecule has 4 heterocycles. The Morgan fingerprint density at radius 1 is 1.00 bits per heavy atom. The van der Waals surface area contributed by atoms with E-state index in [2.05, 4.69) is 27.4 Å². The molecule has 4 aromatic heterocycles. The smallest absolute Gasteiger partial charge is 0.183 e. The number of benzene rings is 1. The van der Waals surface area contributed by atoms with E-state index < -0.39 is 0 Å². The minimum Gasteiger partial charge on any atom is -0.363 e. The van der Waals surface area contributed by atoms with Crippen LogP contribution in [0.2, 0.25) is 0 Å². The minimum atomic E-state index is 0.0842. The largest absolute Gasteiger partial charge is 0.363 e. The Kier molecular flexibility index (Phi) is 5.59. The van der Waals surface area contributed by atoms with Gasteiger partial charge in [0.1, 0.15) is 11.3 Å². The summed E-state index contributed by atoms with van der Waals surface area (Å²) in [5, 5.41) is 8.20. The van der Waals surface area contributed by atoms with Crippen molar-refractivity contribution in [3.8, 4) is 22.5 Å². The van der Waals surface area contributed by atoms with Crippen molar-refractivity contribution in [3.05, 3.63) is 96.7 Å². The quantitative estimate of drug-likeness (QED) is 0.403. The van der Waals surface area contributed by atoms with Gasteiger partial charge in [0, 0.05) is 42.3 Å². The molecular weight excluding hydrogens is 412 g/mol. The van der Waals surface area contributed by atoms with Crippen LogP contribution in [0.1, 0.15) is 18.2 Å². The monoisotopic (exact) mass is 434 g/mol. The molecule has 1 N–H and O–H groups in total. The van der Waals surface area contributed by atoms with E-state index in [1.165, 1.54) is 0 Å². The molecule has 0 aliphatic rings. The van der Waals surface area contributed by atoms with Crippen molar-refractivity contribution in [2.45, 2.75) is 19.9 Å². The van der Waals surface area contributed by atoms with Gasteiger partial charge in [-0.3, -0.25) is 14.8 Å². The maximum absolute atomic E-state index is 11.6. The van der Waals surface area contributed by atoms with Gasteiger partial charge < -0.3 is 5.32 Å². The van der Waals surface area contributed by atoms with Crippen molar-refractivity contribution >= 4 is 17.1 Å². The zero-order valence-electron chi connectivity index (χ0n) is 18.1. The number of anilines is 1. The van der Waals surface area contributed by atoms with Gasteiger partial charge in [0.25, 0.3) is 0 Å². The van der Waals surface area contributed by atoms with Crippen LogP contribution in [0, 0.1) is 0 Å². The molecule has 1 aromatic carbocycles. The molecule has 5 rings (SSSR count). The van der Waals surface area contributed by atoms with Crippen LogP contribution < -0.4 is 5.32 Å². The first-order chi connectivity index (χ1) is 16.2. The number of hydrogen-bond donors (Lipinski definition) is 1. The van der Waals surface area contributed by atoms with Crippen molar-refractivity contribution in [1.29, 1.82) is 0 Å². The van der Waals surface area contributed by atoms with Gasteiger partial charge in [-0.15, -0.1) is 5.10 Å². The predicted molar refractivity (Wildman–Crippen MR) is 128 cm³/mol.